The Balaban J connectivity index is 0.768. The molecule has 38 nitrogen and oxygen atoms in total. The highest BCUT2D eigenvalue weighted by atomic mass is 32.2. The van der Waals surface area contributed by atoms with E-state index in [-0.39, 0.29) is 183 Å². The minimum absolute atomic E-state index is 0.0115. The van der Waals surface area contributed by atoms with Gasteiger partial charge in [-0.1, -0.05) is 92.7 Å². The van der Waals surface area contributed by atoms with Gasteiger partial charge < -0.3 is 69.5 Å². The monoisotopic (exact) mass is 1970 g/mol. The van der Waals surface area contributed by atoms with Crippen LogP contribution >= 0.6 is 7.37 Å². The number of hydrogen-bond acceptors (Lipinski definition) is 26. The number of allylic oxidation sites excluding steroid dienone is 6. The Bertz CT molecular complexity index is 6300. The van der Waals surface area contributed by atoms with Crippen LogP contribution in [-0.2, 0) is 143 Å². The number of hydrogen-bond donors (Lipinski definition) is 12. The molecule has 7 aromatic rings. The zero-order chi connectivity index (χ0) is 97.0. The summed E-state index contributed by atoms with van der Waals surface area (Å²) >= 11 is 0. The van der Waals surface area contributed by atoms with Crippen LogP contribution in [0.5, 0.6) is 5.75 Å². The number of carboxylic acids is 1. The van der Waals surface area contributed by atoms with Crippen molar-refractivity contribution in [3.8, 4) is 5.75 Å². The standard InChI is InChI=1S/C87H109N6O32PS6/c1-58(126(101,102)57-64(85(99)100)23-17-59-13-7-6-8-14-59)90-84(98)72(51-61-18-26-65(94)27-19-61)91-81(97)56-125-48-47-123-42-37-89-80(96)35-40-121-43-45-124-46-44-122-41-36-88-79(95)34-20-60-15-21-62(22-16-60)63(24-32-77-86(2,3)82-70-52-66(129(109,110)111)54-75(131(115,116)117)68(70)28-30-73(82)92(77)38-9-11-49-127(103,104)105)25-33-78-87(4,5)83-71-53-67(130(112,113)114)55-76(132(118,119)120)69(71)29-31-74(83)93(78)39-10-12-50-128(106,107)108/h6-8,13-16,18-19,21-22,24-33,52-55,58,64,72H,9-12,17,20,23,34-51,56-57H2,1-5H3,(H12-,88,89,90,91,94,95,96,97,98,99,100,101,102,103,104,105,106,107,108,109,110,111,112,113,114,115,116,117,118,119,120)/t58-,64-,72+/m1/s1. The quantitative estimate of drug-likeness (QED) is 0.00568. The fraction of sp³-hybridized carbons (Fsp3) is 0.425. The largest absolute Gasteiger partial charge is 0.744 e. The summed E-state index contributed by atoms with van der Waals surface area (Å²) in [5.74, 6) is -7.23. The maximum Gasteiger partial charge on any atom is 0.307 e. The van der Waals surface area contributed by atoms with Crippen LogP contribution in [0.3, 0.4) is 0 Å². The fourth-order valence-corrected chi connectivity index (χ4v) is 21.0. The van der Waals surface area contributed by atoms with Gasteiger partial charge in [-0.2, -0.15) is 46.7 Å². The third-order valence-corrected chi connectivity index (χ3v) is 29.5. The first-order valence-corrected chi connectivity index (χ1v) is 52.7. The van der Waals surface area contributed by atoms with Crippen molar-refractivity contribution in [1.29, 1.82) is 0 Å². The van der Waals surface area contributed by atoms with E-state index in [9.17, 15) is 121 Å². The van der Waals surface area contributed by atoms with Crippen LogP contribution in [0.4, 0.5) is 11.4 Å². The highest BCUT2D eigenvalue weighted by molar-refractivity contribution is 7.87. The number of ether oxygens (including phenoxy) is 5. The zero-order valence-corrected chi connectivity index (χ0v) is 78.7. The van der Waals surface area contributed by atoms with Crippen LogP contribution < -0.4 is 26.2 Å². The van der Waals surface area contributed by atoms with Gasteiger partial charge in [0.1, 0.15) is 45.7 Å². The first-order chi connectivity index (χ1) is 61.8. The molecule has 7 aromatic carbocycles. The highest BCUT2D eigenvalue weighted by Gasteiger charge is 2.47. The first-order valence-electron chi connectivity index (χ1n) is 41.9. The number of unbranched alkanes of at least 4 members (excludes halogenated alkanes) is 2. The van der Waals surface area contributed by atoms with Crippen molar-refractivity contribution in [2.24, 2.45) is 5.92 Å². The first kappa shape index (κ1) is 106. The van der Waals surface area contributed by atoms with Crippen LogP contribution in [0.1, 0.15) is 113 Å². The molecule has 2 aliphatic heterocycles. The van der Waals surface area contributed by atoms with E-state index >= 15 is 0 Å². The SMILES string of the molecule is C[C@H](NC(=O)[C@H](Cc1ccc(O)cc1)NC(=O)COCCOCCNC(=O)CCOCCOCCOCCNC(=O)CCc1ccc(C(=C\C=C2\N(CCCCS(=O)(=O)O)c3ccc4c(S(=O)(=O)[O-])cc(S(=O)(=O)O)cc4c3C2(C)C)/C=C/C2=[N+](CCCCS(=O)(=O)O)c3ccc4c(S(=O)(=O)O)cc(S(=O)(=O)O)cc4c3C2(C)C)cc1)P(=O)(O)C[C@@H](CCc1ccccc1)C(=O)O. The molecule has 4 amide bonds. The molecule has 12 N–H and O–H groups in total. The van der Waals surface area contributed by atoms with Crippen LogP contribution in [0, 0.1) is 5.92 Å². The second-order valence-corrected chi connectivity index (χ2v) is 44.0. The molecular weight excluding hydrogens is 1860 g/mol. The summed E-state index contributed by atoms with van der Waals surface area (Å²) < 4.78 is 257. The van der Waals surface area contributed by atoms with Gasteiger partial charge in [0.2, 0.25) is 36.7 Å². The summed E-state index contributed by atoms with van der Waals surface area (Å²) in [6.07, 6.45) is 6.97. The topological polar surface area (TPSA) is 593 Å². The fourth-order valence-electron chi connectivity index (χ4n) is 15.6. The number of phenolic OH excluding ortho intramolecular Hbond substituents is 1. The predicted molar refractivity (Wildman–Crippen MR) is 486 cm³/mol. The third-order valence-electron chi connectivity index (χ3n) is 22.2. The van der Waals surface area contributed by atoms with E-state index in [0.717, 1.165) is 17.7 Å². The van der Waals surface area contributed by atoms with E-state index in [1.54, 1.807) is 97.9 Å². The van der Waals surface area contributed by atoms with Gasteiger partial charge in [-0.15, -0.1) is 0 Å². The molecule has 0 aromatic heterocycles. The maximum absolute atomic E-state index is 13.6. The summed E-state index contributed by atoms with van der Waals surface area (Å²) in [4.78, 5) is 73.6. The van der Waals surface area contributed by atoms with Crippen molar-refractivity contribution < 1.29 is 150 Å². The molecule has 132 heavy (non-hydrogen) atoms. The number of aromatic hydroxyl groups is 1. The summed E-state index contributed by atoms with van der Waals surface area (Å²) in [6, 6.07) is 29.6. The second kappa shape index (κ2) is 46.1. The Kier molecular flexibility index (Phi) is 37.0. The lowest BCUT2D eigenvalue weighted by atomic mass is 9.78. The van der Waals surface area contributed by atoms with Gasteiger partial charge in [-0.3, -0.25) is 51.3 Å². The number of phenols is 1. The summed E-state index contributed by atoms with van der Waals surface area (Å²) in [7, 11) is -34.1. The van der Waals surface area contributed by atoms with Gasteiger partial charge in [0.05, 0.1) is 97.0 Å². The number of nitrogens with one attached hydrogen (secondary N) is 4. The van der Waals surface area contributed by atoms with Gasteiger partial charge in [0, 0.05) is 91.4 Å². The average molecular weight is 1970 g/mol. The van der Waals surface area contributed by atoms with E-state index in [0.29, 0.717) is 74.7 Å². The molecule has 0 saturated carbocycles. The highest BCUT2D eigenvalue weighted by Crippen LogP contribution is 2.53. The van der Waals surface area contributed by atoms with Crippen molar-refractivity contribution in [3.05, 3.63) is 191 Å². The zero-order valence-electron chi connectivity index (χ0n) is 72.9. The molecule has 45 heteroatoms. The van der Waals surface area contributed by atoms with Crippen molar-refractivity contribution in [1.82, 2.24) is 21.3 Å². The lowest BCUT2D eigenvalue weighted by Crippen LogP contribution is -2.51. The van der Waals surface area contributed by atoms with Gasteiger partial charge in [-0.25, -0.2) is 8.42 Å². The van der Waals surface area contributed by atoms with Crippen molar-refractivity contribution in [3.63, 3.8) is 0 Å². The number of fused-ring (bicyclic) bond motifs is 6. The lowest BCUT2D eigenvalue weighted by Gasteiger charge is -2.27. The van der Waals surface area contributed by atoms with E-state index in [1.807, 2.05) is 18.2 Å². The van der Waals surface area contributed by atoms with E-state index in [4.69, 9.17) is 23.7 Å². The van der Waals surface area contributed by atoms with Crippen LogP contribution in [-0.4, -0.2) is 255 Å². The van der Waals surface area contributed by atoms with Gasteiger partial charge >= 0.3 is 5.97 Å². The van der Waals surface area contributed by atoms with Crippen molar-refractivity contribution in [2.45, 2.75) is 141 Å². The molecule has 0 saturated heterocycles. The predicted octanol–water partition coefficient (Wildman–Crippen LogP) is 7.81. The Labute approximate surface area is 766 Å². The molecule has 2 heterocycles. The van der Waals surface area contributed by atoms with E-state index < -0.39 is 158 Å². The average Bonchev–Trinajstić information content (AvgIpc) is 1.56. The molecule has 4 atom stereocenters. The Morgan fingerprint density at radius 2 is 1.09 bits per heavy atom. The third kappa shape index (κ3) is 30.4. The minimum Gasteiger partial charge on any atom is -0.744 e. The molecule has 0 fully saturated rings. The Hall–Kier alpha value is -9.65. The number of nitrogens with zero attached hydrogens (tertiary/aromatic N) is 2. The summed E-state index contributed by atoms with van der Waals surface area (Å²) in [6.45, 7) is 9.11. The maximum atomic E-state index is 13.6. The van der Waals surface area contributed by atoms with Crippen LogP contribution in [0.25, 0.3) is 27.1 Å². The number of aliphatic carboxylic acids is 1. The van der Waals surface area contributed by atoms with Crippen LogP contribution in [0.15, 0.2) is 177 Å². The number of carbonyl (C=O) groups excluding carboxylic acids is 4. The molecule has 9 rings (SSSR count). The second-order valence-electron chi connectivity index (χ2n) is 32.6. The normalized spacial score (nSPS) is 15.7. The van der Waals surface area contributed by atoms with E-state index in [2.05, 4.69) is 21.3 Å². The molecular formula is C87H109N6O32PS6. The Morgan fingerprint density at radius 3 is 1.67 bits per heavy atom. The molecule has 0 spiro atoms. The molecule has 0 radical (unpaired) electrons. The van der Waals surface area contributed by atoms with Crippen LogP contribution in [0.2, 0.25) is 0 Å². The summed E-state index contributed by atoms with van der Waals surface area (Å²) in [5, 5.41) is 29.9. The van der Waals surface area contributed by atoms with E-state index in [1.165, 1.54) is 55.5 Å². The van der Waals surface area contributed by atoms with Gasteiger partial charge in [0.25, 0.3) is 50.6 Å². The number of benzene rings is 7. The smallest absolute Gasteiger partial charge is 0.307 e. The number of rotatable bonds is 53. The van der Waals surface area contributed by atoms with Crippen molar-refractivity contribution >= 4 is 142 Å². The number of carbonyl (C=O) groups is 5. The van der Waals surface area contributed by atoms with Gasteiger partial charge in [-0.05, 0) is 170 Å². The molecule has 0 aliphatic carbocycles. The van der Waals surface area contributed by atoms with Gasteiger partial charge in [0.15, 0.2) is 5.71 Å². The number of carboxylic acid groups (broad SMARTS) is 1. The number of anilines is 1. The van der Waals surface area contributed by atoms with Crippen molar-refractivity contribution in [2.75, 3.05) is 115 Å². The number of amides is 4. The minimum atomic E-state index is -5.42. The molecule has 720 valence electrons. The molecule has 0 bridgehead atoms. The molecule has 1 unspecified atom stereocenters. The Morgan fingerprint density at radius 1 is 0.561 bits per heavy atom. The molecule has 2 aliphatic rings. The lowest BCUT2D eigenvalue weighted by molar-refractivity contribution is -0.438. The summed E-state index contributed by atoms with van der Waals surface area (Å²) in [5.41, 5.74) is 2.72. The number of aryl methyl sites for hydroxylation is 2.